The number of hydrogen-bond donors (Lipinski definition) is 1. The summed E-state index contributed by atoms with van der Waals surface area (Å²) in [7, 11) is 0. The molecule has 0 fully saturated rings. The van der Waals surface area contributed by atoms with Crippen molar-refractivity contribution in [2.75, 3.05) is 5.32 Å². The Hall–Kier alpha value is -1.92. The van der Waals surface area contributed by atoms with Gasteiger partial charge in [-0.25, -0.2) is 0 Å². The van der Waals surface area contributed by atoms with Gasteiger partial charge in [0.15, 0.2) is 6.10 Å². The molecule has 1 unspecified atom stereocenters. The van der Waals surface area contributed by atoms with E-state index in [1.165, 1.54) is 13.0 Å². The molecule has 3 nitrogen and oxygen atoms in total. The van der Waals surface area contributed by atoms with E-state index in [0.717, 1.165) is 12.1 Å². The third kappa shape index (κ3) is 4.55. The first-order valence-electron chi connectivity index (χ1n) is 6.77. The Morgan fingerprint density at radius 2 is 1.83 bits per heavy atom. The number of carbonyl (C=O) groups excluding carboxylic acids is 1. The molecule has 0 saturated carbocycles. The van der Waals surface area contributed by atoms with Gasteiger partial charge in [0.05, 0.1) is 16.3 Å². The number of alkyl halides is 3. The monoisotopic (exact) mass is 377 g/mol. The molecule has 2 rings (SSSR count). The second-order valence-electron chi connectivity index (χ2n) is 4.87. The zero-order valence-corrected chi connectivity index (χ0v) is 13.8. The zero-order valence-electron chi connectivity index (χ0n) is 12.3. The molecule has 1 N–H and O–H groups in total. The topological polar surface area (TPSA) is 38.3 Å². The van der Waals surface area contributed by atoms with E-state index in [9.17, 15) is 18.0 Å². The predicted molar refractivity (Wildman–Crippen MR) is 86.6 cm³/mol. The van der Waals surface area contributed by atoms with Gasteiger partial charge in [0.25, 0.3) is 5.91 Å². The molecule has 2 aromatic carbocycles. The van der Waals surface area contributed by atoms with Gasteiger partial charge in [-0.05, 0) is 37.3 Å². The maximum Gasteiger partial charge on any atom is 0.418 e. The molecule has 0 aliphatic heterocycles. The average molecular weight is 378 g/mol. The Bertz CT molecular complexity index is 750. The normalized spacial score (nSPS) is 12.6. The predicted octanol–water partition coefficient (Wildman–Crippen LogP) is 5.42. The van der Waals surface area contributed by atoms with Crippen LogP contribution in [0, 0.1) is 0 Å². The molecule has 0 saturated heterocycles. The largest absolute Gasteiger partial charge is 0.479 e. The van der Waals surface area contributed by atoms with Crippen molar-refractivity contribution in [1.82, 2.24) is 0 Å². The number of para-hydroxylation sites is 1. The highest BCUT2D eigenvalue weighted by Gasteiger charge is 2.34. The molecule has 1 atom stereocenters. The van der Waals surface area contributed by atoms with Gasteiger partial charge in [-0.15, -0.1) is 0 Å². The Labute approximate surface area is 146 Å². The number of amides is 1. The molecule has 0 aromatic heterocycles. The van der Waals surface area contributed by atoms with E-state index in [4.69, 9.17) is 27.9 Å². The molecule has 0 bridgehead atoms. The maximum absolute atomic E-state index is 13.0. The van der Waals surface area contributed by atoms with Gasteiger partial charge < -0.3 is 10.1 Å². The van der Waals surface area contributed by atoms with Crippen molar-refractivity contribution >= 4 is 34.8 Å². The number of halogens is 5. The van der Waals surface area contributed by atoms with E-state index in [1.54, 1.807) is 24.3 Å². The summed E-state index contributed by atoms with van der Waals surface area (Å²) < 4.78 is 44.4. The van der Waals surface area contributed by atoms with Crippen LogP contribution in [0.4, 0.5) is 18.9 Å². The minimum Gasteiger partial charge on any atom is -0.479 e. The number of hydrogen-bond acceptors (Lipinski definition) is 2. The third-order valence-corrected chi connectivity index (χ3v) is 3.60. The van der Waals surface area contributed by atoms with Crippen LogP contribution in [0.15, 0.2) is 42.5 Å². The first-order chi connectivity index (χ1) is 11.2. The van der Waals surface area contributed by atoms with Crippen molar-refractivity contribution in [2.45, 2.75) is 19.2 Å². The van der Waals surface area contributed by atoms with Gasteiger partial charge in [-0.1, -0.05) is 35.3 Å². The molecule has 24 heavy (non-hydrogen) atoms. The molecule has 8 heteroatoms. The highest BCUT2D eigenvalue weighted by molar-refractivity contribution is 6.32. The lowest BCUT2D eigenvalue weighted by molar-refractivity contribution is -0.137. The number of benzene rings is 2. The summed E-state index contributed by atoms with van der Waals surface area (Å²) in [5, 5.41) is 2.41. The van der Waals surface area contributed by atoms with Crippen LogP contribution < -0.4 is 10.1 Å². The summed E-state index contributed by atoms with van der Waals surface area (Å²) in [4.78, 5) is 12.1. The molecule has 128 valence electrons. The number of carbonyl (C=O) groups is 1. The van der Waals surface area contributed by atoms with Gasteiger partial charge in [-0.2, -0.15) is 13.2 Å². The van der Waals surface area contributed by atoms with Crippen molar-refractivity contribution in [3.05, 3.63) is 58.1 Å². The lowest BCUT2D eigenvalue weighted by atomic mass is 10.1. The first kappa shape index (κ1) is 18.4. The highest BCUT2D eigenvalue weighted by Crippen LogP contribution is 2.36. The molecule has 0 heterocycles. The summed E-state index contributed by atoms with van der Waals surface area (Å²) >= 11 is 11.5. The smallest absolute Gasteiger partial charge is 0.418 e. The Morgan fingerprint density at radius 3 is 2.46 bits per heavy atom. The van der Waals surface area contributed by atoms with Crippen LogP contribution in [-0.4, -0.2) is 12.0 Å². The lowest BCUT2D eigenvalue weighted by Crippen LogP contribution is -2.31. The van der Waals surface area contributed by atoms with Gasteiger partial charge in [-0.3, -0.25) is 4.79 Å². The number of nitrogens with one attached hydrogen (secondary N) is 1. The third-order valence-electron chi connectivity index (χ3n) is 3.05. The molecule has 2 aromatic rings. The van der Waals surface area contributed by atoms with Crippen molar-refractivity contribution < 1.29 is 22.7 Å². The van der Waals surface area contributed by atoms with Crippen LogP contribution in [0.25, 0.3) is 0 Å². The van der Waals surface area contributed by atoms with Crippen molar-refractivity contribution in [1.29, 1.82) is 0 Å². The van der Waals surface area contributed by atoms with E-state index in [1.807, 2.05) is 0 Å². The second-order valence-corrected chi connectivity index (χ2v) is 5.71. The number of anilines is 1. The molecule has 0 aliphatic carbocycles. The molecular weight excluding hydrogens is 366 g/mol. The summed E-state index contributed by atoms with van der Waals surface area (Å²) in [5.74, 6) is -0.489. The van der Waals surface area contributed by atoms with Gasteiger partial charge in [0, 0.05) is 5.02 Å². The summed E-state index contributed by atoms with van der Waals surface area (Å²) in [6, 6.07) is 9.56. The summed E-state index contributed by atoms with van der Waals surface area (Å²) in [5.41, 5.74) is -1.43. The fraction of sp³-hybridized carbons (Fsp3) is 0.188. The van der Waals surface area contributed by atoms with Crippen LogP contribution in [0.2, 0.25) is 10.0 Å². The van der Waals surface area contributed by atoms with Crippen LogP contribution in [0.1, 0.15) is 12.5 Å². The standard InChI is InChI=1S/C16H12Cl2F3NO2/c1-9(24-14-5-3-2-4-12(14)18)15(23)22-13-7-6-10(17)8-11(13)16(19,20)21/h2-9H,1H3,(H,22,23). The van der Waals surface area contributed by atoms with Crippen LogP contribution in [0.3, 0.4) is 0 Å². The van der Waals surface area contributed by atoms with E-state index in [2.05, 4.69) is 5.32 Å². The fourth-order valence-electron chi connectivity index (χ4n) is 1.88. The number of ether oxygens (including phenoxy) is 1. The molecule has 1 amide bonds. The van der Waals surface area contributed by atoms with E-state index >= 15 is 0 Å². The van der Waals surface area contributed by atoms with E-state index < -0.39 is 29.4 Å². The van der Waals surface area contributed by atoms with Crippen molar-refractivity contribution in [2.24, 2.45) is 0 Å². The maximum atomic E-state index is 13.0. The molecule has 0 radical (unpaired) electrons. The van der Waals surface area contributed by atoms with Crippen LogP contribution in [0.5, 0.6) is 5.75 Å². The SMILES string of the molecule is CC(Oc1ccccc1Cl)C(=O)Nc1ccc(Cl)cc1C(F)(F)F. The minimum absolute atomic E-state index is 0.0827. The Morgan fingerprint density at radius 1 is 1.17 bits per heavy atom. The van der Waals surface area contributed by atoms with Gasteiger partial charge in [0.2, 0.25) is 0 Å². The lowest BCUT2D eigenvalue weighted by Gasteiger charge is -2.18. The Balaban J connectivity index is 2.16. The zero-order chi connectivity index (χ0) is 17.9. The minimum atomic E-state index is -4.65. The van der Waals surface area contributed by atoms with E-state index in [0.29, 0.717) is 5.02 Å². The molecule has 0 spiro atoms. The van der Waals surface area contributed by atoms with Crippen LogP contribution in [-0.2, 0) is 11.0 Å². The average Bonchev–Trinajstić information content (AvgIpc) is 2.50. The van der Waals surface area contributed by atoms with Crippen LogP contribution >= 0.6 is 23.2 Å². The number of rotatable bonds is 4. The fourth-order valence-corrected chi connectivity index (χ4v) is 2.23. The summed E-state index contributed by atoms with van der Waals surface area (Å²) in [6.07, 6.45) is -5.71. The molecular formula is C16H12Cl2F3NO2. The van der Waals surface area contributed by atoms with Gasteiger partial charge in [0.1, 0.15) is 5.75 Å². The van der Waals surface area contributed by atoms with Gasteiger partial charge >= 0.3 is 6.18 Å². The first-order valence-corrected chi connectivity index (χ1v) is 7.53. The highest BCUT2D eigenvalue weighted by atomic mass is 35.5. The molecule has 0 aliphatic rings. The van der Waals surface area contributed by atoms with E-state index in [-0.39, 0.29) is 10.8 Å². The second kappa shape index (κ2) is 7.32. The summed E-state index contributed by atoms with van der Waals surface area (Å²) in [6.45, 7) is 1.40. The Kier molecular flexibility index (Phi) is 5.62. The quantitative estimate of drug-likeness (QED) is 0.772. The van der Waals surface area contributed by atoms with Crippen molar-refractivity contribution in [3.63, 3.8) is 0 Å². The van der Waals surface area contributed by atoms with Crippen molar-refractivity contribution in [3.8, 4) is 5.75 Å².